The quantitative estimate of drug-likeness (QED) is 0.504. The molecule has 0 aliphatic carbocycles. The summed E-state index contributed by atoms with van der Waals surface area (Å²) in [6, 6.07) is 0. The van der Waals surface area contributed by atoms with Crippen LogP contribution in [0.1, 0.15) is 27.7 Å². The van der Waals surface area contributed by atoms with Gasteiger partial charge in [-0.15, -0.1) is 0 Å². The van der Waals surface area contributed by atoms with E-state index in [1.807, 2.05) is 5.32 Å². The maximum Gasteiger partial charge on any atom is 0.315 e. The Balaban J connectivity index is 4.13. The van der Waals surface area contributed by atoms with Gasteiger partial charge in [-0.1, -0.05) is 0 Å². The molecular weight excluding hydrogens is 172 g/mol. The van der Waals surface area contributed by atoms with Gasteiger partial charge in [0.05, 0.1) is 0 Å². The number of imide groups is 1. The van der Waals surface area contributed by atoms with Crippen molar-refractivity contribution >= 4 is 17.7 Å². The van der Waals surface area contributed by atoms with Gasteiger partial charge < -0.3 is 5.32 Å². The molecule has 2 N–H and O–H groups in total. The van der Waals surface area contributed by atoms with Gasteiger partial charge in [-0.2, -0.15) is 0 Å². The first-order valence-corrected chi connectivity index (χ1v) is 3.86. The van der Waals surface area contributed by atoms with Crippen LogP contribution in [0.25, 0.3) is 0 Å². The van der Waals surface area contributed by atoms with Gasteiger partial charge in [-0.25, -0.2) is 0 Å². The molecular formula is C8H14N2O3. The molecule has 0 heterocycles. The van der Waals surface area contributed by atoms with E-state index in [0.29, 0.717) is 0 Å². The summed E-state index contributed by atoms with van der Waals surface area (Å²) in [5.74, 6) is -2.28. The SMILES string of the molecule is CC(=O)NC(=O)C(=O)NC(C)(C)C. The lowest BCUT2D eigenvalue weighted by Crippen LogP contribution is -2.49. The van der Waals surface area contributed by atoms with Crippen LogP contribution in [0.15, 0.2) is 0 Å². The van der Waals surface area contributed by atoms with Crippen LogP contribution in [0.4, 0.5) is 0 Å². The molecule has 0 fully saturated rings. The summed E-state index contributed by atoms with van der Waals surface area (Å²) in [4.78, 5) is 32.3. The Bertz CT molecular complexity index is 240. The van der Waals surface area contributed by atoms with E-state index in [2.05, 4.69) is 5.32 Å². The minimum absolute atomic E-state index is 0.481. The van der Waals surface area contributed by atoms with Crippen molar-refractivity contribution in [1.29, 1.82) is 0 Å². The van der Waals surface area contributed by atoms with Crippen LogP contribution in [-0.2, 0) is 14.4 Å². The minimum Gasteiger partial charge on any atom is -0.343 e. The molecule has 0 spiro atoms. The van der Waals surface area contributed by atoms with Crippen molar-refractivity contribution in [2.24, 2.45) is 0 Å². The van der Waals surface area contributed by atoms with Crippen LogP contribution in [0, 0.1) is 0 Å². The highest BCUT2D eigenvalue weighted by molar-refractivity contribution is 6.37. The van der Waals surface area contributed by atoms with Gasteiger partial charge in [0.2, 0.25) is 5.91 Å². The molecule has 0 unspecified atom stereocenters. The topological polar surface area (TPSA) is 75.3 Å². The highest BCUT2D eigenvalue weighted by Crippen LogP contribution is 1.97. The average Bonchev–Trinajstić information content (AvgIpc) is 1.81. The second kappa shape index (κ2) is 4.02. The molecule has 0 rings (SSSR count). The van der Waals surface area contributed by atoms with Crippen molar-refractivity contribution in [1.82, 2.24) is 10.6 Å². The number of hydrogen-bond acceptors (Lipinski definition) is 3. The normalized spacial score (nSPS) is 10.5. The maximum atomic E-state index is 11.0. The summed E-state index contributed by atoms with van der Waals surface area (Å²) in [6.07, 6.45) is 0. The predicted octanol–water partition coefficient (Wildman–Crippen LogP) is -0.436. The zero-order chi connectivity index (χ0) is 10.6. The molecule has 74 valence electrons. The van der Waals surface area contributed by atoms with Gasteiger partial charge in [0.1, 0.15) is 0 Å². The second-order valence-electron chi connectivity index (χ2n) is 3.71. The van der Waals surface area contributed by atoms with Crippen molar-refractivity contribution in [2.75, 3.05) is 0 Å². The van der Waals surface area contributed by atoms with Crippen LogP contribution in [0.5, 0.6) is 0 Å². The molecule has 0 bridgehead atoms. The molecule has 0 aliphatic heterocycles. The molecule has 0 aromatic carbocycles. The van der Waals surface area contributed by atoms with E-state index in [0.717, 1.165) is 0 Å². The van der Waals surface area contributed by atoms with Crippen LogP contribution < -0.4 is 10.6 Å². The smallest absolute Gasteiger partial charge is 0.315 e. The predicted molar refractivity (Wildman–Crippen MR) is 46.7 cm³/mol. The highest BCUT2D eigenvalue weighted by atomic mass is 16.2. The Morgan fingerprint density at radius 1 is 1.00 bits per heavy atom. The molecule has 0 aromatic heterocycles. The first-order valence-electron chi connectivity index (χ1n) is 3.86. The molecule has 13 heavy (non-hydrogen) atoms. The summed E-state index contributed by atoms with van der Waals surface area (Å²) in [6.45, 7) is 6.39. The summed E-state index contributed by atoms with van der Waals surface area (Å²) in [5, 5.41) is 4.30. The third kappa shape index (κ3) is 5.84. The Morgan fingerprint density at radius 3 is 1.77 bits per heavy atom. The van der Waals surface area contributed by atoms with E-state index in [-0.39, 0.29) is 0 Å². The van der Waals surface area contributed by atoms with E-state index < -0.39 is 23.3 Å². The van der Waals surface area contributed by atoms with Gasteiger partial charge in [-0.3, -0.25) is 19.7 Å². The molecule has 0 aromatic rings. The standard InChI is InChI=1S/C8H14N2O3/c1-5(11)9-6(12)7(13)10-8(2,3)4/h1-4H3,(H,10,13)(H,9,11,12). The van der Waals surface area contributed by atoms with Crippen molar-refractivity contribution in [2.45, 2.75) is 33.2 Å². The first kappa shape index (κ1) is 11.6. The molecule has 0 saturated heterocycles. The van der Waals surface area contributed by atoms with E-state index in [4.69, 9.17) is 0 Å². The Morgan fingerprint density at radius 2 is 1.46 bits per heavy atom. The highest BCUT2D eigenvalue weighted by Gasteiger charge is 2.20. The zero-order valence-electron chi connectivity index (χ0n) is 8.22. The van der Waals surface area contributed by atoms with E-state index in [1.54, 1.807) is 20.8 Å². The zero-order valence-corrected chi connectivity index (χ0v) is 8.22. The molecule has 0 atom stereocenters. The molecule has 0 radical (unpaired) electrons. The van der Waals surface area contributed by atoms with Crippen LogP contribution in [0.2, 0.25) is 0 Å². The lowest BCUT2D eigenvalue weighted by Gasteiger charge is -2.19. The lowest BCUT2D eigenvalue weighted by molar-refractivity contribution is -0.142. The summed E-state index contributed by atoms with van der Waals surface area (Å²) in [5.41, 5.74) is -0.481. The summed E-state index contributed by atoms with van der Waals surface area (Å²) < 4.78 is 0. The van der Waals surface area contributed by atoms with E-state index >= 15 is 0 Å². The Labute approximate surface area is 76.9 Å². The van der Waals surface area contributed by atoms with Crippen LogP contribution >= 0.6 is 0 Å². The number of hydrogen-bond donors (Lipinski definition) is 2. The van der Waals surface area contributed by atoms with E-state index in [9.17, 15) is 14.4 Å². The fourth-order valence-corrected chi connectivity index (χ4v) is 0.614. The fourth-order valence-electron chi connectivity index (χ4n) is 0.614. The van der Waals surface area contributed by atoms with Gasteiger partial charge in [-0.05, 0) is 20.8 Å². The monoisotopic (exact) mass is 186 g/mol. The third-order valence-electron chi connectivity index (χ3n) is 0.984. The van der Waals surface area contributed by atoms with Crippen molar-refractivity contribution in [3.8, 4) is 0 Å². The molecule has 5 heteroatoms. The number of carbonyl (C=O) groups excluding carboxylic acids is 3. The maximum absolute atomic E-state index is 11.0. The number of nitrogens with one attached hydrogen (secondary N) is 2. The van der Waals surface area contributed by atoms with Crippen molar-refractivity contribution in [3.05, 3.63) is 0 Å². The lowest BCUT2D eigenvalue weighted by atomic mass is 10.1. The van der Waals surface area contributed by atoms with E-state index in [1.165, 1.54) is 6.92 Å². The summed E-state index contributed by atoms with van der Waals surface area (Å²) in [7, 11) is 0. The minimum atomic E-state index is -0.928. The first-order chi connectivity index (χ1) is 5.72. The Kier molecular flexibility index (Phi) is 3.59. The molecule has 0 aliphatic rings. The largest absolute Gasteiger partial charge is 0.343 e. The van der Waals surface area contributed by atoms with Gasteiger partial charge in [0, 0.05) is 12.5 Å². The average molecular weight is 186 g/mol. The van der Waals surface area contributed by atoms with Crippen molar-refractivity contribution in [3.63, 3.8) is 0 Å². The Hall–Kier alpha value is -1.39. The number of rotatable bonds is 0. The van der Waals surface area contributed by atoms with Crippen LogP contribution in [0.3, 0.4) is 0 Å². The van der Waals surface area contributed by atoms with Crippen molar-refractivity contribution < 1.29 is 14.4 Å². The summed E-state index contributed by atoms with van der Waals surface area (Å²) >= 11 is 0. The van der Waals surface area contributed by atoms with Gasteiger partial charge >= 0.3 is 11.8 Å². The molecule has 0 saturated carbocycles. The molecule has 3 amide bonds. The number of amides is 3. The second-order valence-corrected chi connectivity index (χ2v) is 3.71. The number of carbonyl (C=O) groups is 3. The van der Waals surface area contributed by atoms with Gasteiger partial charge in [0.15, 0.2) is 0 Å². The van der Waals surface area contributed by atoms with Crippen LogP contribution in [-0.4, -0.2) is 23.3 Å². The fraction of sp³-hybridized carbons (Fsp3) is 0.625. The third-order valence-corrected chi connectivity index (χ3v) is 0.984. The van der Waals surface area contributed by atoms with Gasteiger partial charge in [0.25, 0.3) is 0 Å². The molecule has 5 nitrogen and oxygen atoms in total.